The van der Waals surface area contributed by atoms with Gasteiger partial charge in [0.1, 0.15) is 0 Å². The lowest BCUT2D eigenvalue weighted by atomic mass is 10.2. The Balaban J connectivity index is 2.33. The van der Waals surface area contributed by atoms with Gasteiger partial charge in [-0.25, -0.2) is 0 Å². The Labute approximate surface area is 123 Å². The lowest BCUT2D eigenvalue weighted by Crippen LogP contribution is -2.28. The average molecular weight is 279 g/mol. The van der Waals surface area contributed by atoms with Crippen molar-refractivity contribution in [2.45, 2.75) is 40.3 Å². The van der Waals surface area contributed by atoms with Crippen molar-refractivity contribution < 1.29 is 0 Å². The molecule has 0 spiro atoms. The summed E-state index contributed by atoms with van der Waals surface area (Å²) in [6.45, 7) is 16.1. The molecule has 1 aromatic rings. The molecule has 0 saturated heterocycles. The minimum Gasteiger partial charge on any atom is -0.311 e. The van der Waals surface area contributed by atoms with Crippen LogP contribution in [-0.2, 0) is 13.1 Å². The number of hydrogen-bond donors (Lipinski definition) is 1. The summed E-state index contributed by atoms with van der Waals surface area (Å²) in [5.41, 5.74) is 1.01. The van der Waals surface area contributed by atoms with Gasteiger partial charge in [0.05, 0.1) is 12.2 Å². The highest BCUT2D eigenvalue weighted by atomic mass is 15.4. The maximum absolute atomic E-state index is 4.19. The number of aromatic nitrogens is 3. The molecule has 0 aliphatic rings. The second kappa shape index (κ2) is 9.66. The summed E-state index contributed by atoms with van der Waals surface area (Å²) >= 11 is 0. The molecule has 0 radical (unpaired) electrons. The van der Waals surface area contributed by atoms with Crippen LogP contribution in [0.5, 0.6) is 0 Å². The number of hydrogen-bond acceptors (Lipinski definition) is 4. The van der Waals surface area contributed by atoms with Crippen molar-refractivity contribution in [3.8, 4) is 0 Å². The Hall–Kier alpha value is -1.20. The average Bonchev–Trinajstić information content (AvgIpc) is 2.84. The normalized spacial score (nSPS) is 11.4. The summed E-state index contributed by atoms with van der Waals surface area (Å²) in [5.74, 6) is 0.659. The van der Waals surface area contributed by atoms with E-state index in [1.807, 2.05) is 17.0 Å². The fraction of sp³-hybridized carbons (Fsp3) is 0.733. The van der Waals surface area contributed by atoms with E-state index in [1.54, 1.807) is 0 Å². The molecule has 1 heterocycles. The summed E-state index contributed by atoms with van der Waals surface area (Å²) in [5, 5.41) is 11.8. The highest BCUT2D eigenvalue weighted by Crippen LogP contribution is 1.97. The summed E-state index contributed by atoms with van der Waals surface area (Å²) in [6, 6.07) is 0. The first-order valence-corrected chi connectivity index (χ1v) is 7.58. The molecule has 0 aliphatic heterocycles. The van der Waals surface area contributed by atoms with Crippen molar-refractivity contribution in [2.24, 2.45) is 5.92 Å². The second-order valence-corrected chi connectivity index (χ2v) is 5.59. The van der Waals surface area contributed by atoms with Crippen LogP contribution >= 0.6 is 0 Å². The lowest BCUT2D eigenvalue weighted by Gasteiger charge is -2.19. The standard InChI is InChI=1S/C15H29N5/c1-5-7-19(8-6-2)9-10-20-13-15(17-18-20)12-16-11-14(3)4/h5,13-14,16H,1,6-12H2,2-4H3. The zero-order chi connectivity index (χ0) is 14.8. The second-order valence-electron chi connectivity index (χ2n) is 5.59. The minimum atomic E-state index is 0.659. The molecular weight excluding hydrogens is 250 g/mol. The molecule has 0 bridgehead atoms. The zero-order valence-corrected chi connectivity index (χ0v) is 13.2. The largest absolute Gasteiger partial charge is 0.311 e. The topological polar surface area (TPSA) is 46.0 Å². The van der Waals surface area contributed by atoms with Crippen molar-refractivity contribution in [3.05, 3.63) is 24.5 Å². The molecule has 114 valence electrons. The van der Waals surface area contributed by atoms with Gasteiger partial charge in [-0.05, 0) is 25.4 Å². The Morgan fingerprint density at radius 2 is 2.25 bits per heavy atom. The maximum Gasteiger partial charge on any atom is 0.0964 e. The Kier molecular flexibility index (Phi) is 8.14. The molecule has 5 heteroatoms. The highest BCUT2D eigenvalue weighted by molar-refractivity contribution is 4.91. The Morgan fingerprint density at radius 3 is 2.90 bits per heavy atom. The van der Waals surface area contributed by atoms with Crippen LogP contribution in [0.25, 0.3) is 0 Å². The van der Waals surface area contributed by atoms with Crippen molar-refractivity contribution in [2.75, 3.05) is 26.2 Å². The number of rotatable bonds is 11. The molecule has 20 heavy (non-hydrogen) atoms. The van der Waals surface area contributed by atoms with Crippen LogP contribution < -0.4 is 5.32 Å². The van der Waals surface area contributed by atoms with Gasteiger partial charge in [0.2, 0.25) is 0 Å². The van der Waals surface area contributed by atoms with Gasteiger partial charge in [0.25, 0.3) is 0 Å². The van der Waals surface area contributed by atoms with Gasteiger partial charge in [0.15, 0.2) is 0 Å². The van der Waals surface area contributed by atoms with E-state index in [0.717, 1.165) is 51.4 Å². The molecule has 0 atom stereocenters. The monoisotopic (exact) mass is 279 g/mol. The van der Waals surface area contributed by atoms with E-state index in [4.69, 9.17) is 0 Å². The quantitative estimate of drug-likeness (QED) is 0.629. The van der Waals surface area contributed by atoms with E-state index in [2.05, 4.69) is 47.9 Å². The third kappa shape index (κ3) is 6.82. The van der Waals surface area contributed by atoms with Crippen LogP contribution in [0.2, 0.25) is 0 Å². The number of nitrogens with zero attached hydrogens (tertiary/aromatic N) is 4. The van der Waals surface area contributed by atoms with Crippen molar-refractivity contribution in [1.82, 2.24) is 25.2 Å². The van der Waals surface area contributed by atoms with Gasteiger partial charge in [-0.2, -0.15) is 0 Å². The van der Waals surface area contributed by atoms with Crippen molar-refractivity contribution in [3.63, 3.8) is 0 Å². The first-order valence-electron chi connectivity index (χ1n) is 7.58. The summed E-state index contributed by atoms with van der Waals surface area (Å²) in [4.78, 5) is 2.38. The van der Waals surface area contributed by atoms with Gasteiger partial charge in [-0.3, -0.25) is 9.58 Å². The predicted octanol–water partition coefficient (Wildman–Crippen LogP) is 1.92. The van der Waals surface area contributed by atoms with E-state index in [0.29, 0.717) is 5.92 Å². The van der Waals surface area contributed by atoms with Crippen LogP contribution in [-0.4, -0.2) is 46.1 Å². The predicted molar refractivity (Wildman–Crippen MR) is 83.5 cm³/mol. The van der Waals surface area contributed by atoms with Gasteiger partial charge in [-0.1, -0.05) is 32.1 Å². The molecule has 0 saturated carbocycles. The third-order valence-corrected chi connectivity index (χ3v) is 3.02. The summed E-state index contributed by atoms with van der Waals surface area (Å²) < 4.78 is 1.93. The third-order valence-electron chi connectivity index (χ3n) is 3.02. The van der Waals surface area contributed by atoms with Gasteiger partial charge in [-0.15, -0.1) is 11.7 Å². The molecule has 1 N–H and O–H groups in total. The van der Waals surface area contributed by atoms with Crippen LogP contribution in [0, 0.1) is 5.92 Å². The fourth-order valence-electron chi connectivity index (χ4n) is 2.05. The van der Waals surface area contributed by atoms with Crippen LogP contribution in [0.1, 0.15) is 32.9 Å². The van der Waals surface area contributed by atoms with Crippen LogP contribution in [0.3, 0.4) is 0 Å². The molecule has 5 nitrogen and oxygen atoms in total. The van der Waals surface area contributed by atoms with Crippen molar-refractivity contribution >= 4 is 0 Å². The first kappa shape index (κ1) is 16.9. The van der Waals surface area contributed by atoms with E-state index in [9.17, 15) is 0 Å². The fourth-order valence-corrected chi connectivity index (χ4v) is 2.05. The van der Waals surface area contributed by atoms with E-state index in [-0.39, 0.29) is 0 Å². The summed E-state index contributed by atoms with van der Waals surface area (Å²) in [7, 11) is 0. The van der Waals surface area contributed by atoms with Gasteiger partial charge >= 0.3 is 0 Å². The Morgan fingerprint density at radius 1 is 1.45 bits per heavy atom. The molecule has 1 aromatic heterocycles. The highest BCUT2D eigenvalue weighted by Gasteiger charge is 2.04. The lowest BCUT2D eigenvalue weighted by molar-refractivity contribution is 0.283. The Bertz CT molecular complexity index is 372. The molecule has 0 aromatic carbocycles. The van der Waals surface area contributed by atoms with Gasteiger partial charge in [0, 0.05) is 25.8 Å². The van der Waals surface area contributed by atoms with E-state index in [1.165, 1.54) is 0 Å². The van der Waals surface area contributed by atoms with E-state index < -0.39 is 0 Å². The maximum atomic E-state index is 4.19. The molecule has 0 fully saturated rings. The van der Waals surface area contributed by atoms with E-state index >= 15 is 0 Å². The smallest absolute Gasteiger partial charge is 0.0964 e. The molecule has 0 aliphatic carbocycles. The van der Waals surface area contributed by atoms with Crippen molar-refractivity contribution in [1.29, 1.82) is 0 Å². The minimum absolute atomic E-state index is 0.659. The molecular formula is C15H29N5. The number of nitrogens with one attached hydrogen (secondary N) is 1. The SMILES string of the molecule is C=CCN(CCC)CCn1cc(CNCC(C)C)nn1. The molecule has 1 rings (SSSR count). The van der Waals surface area contributed by atoms with Crippen LogP contribution in [0.15, 0.2) is 18.9 Å². The molecule has 0 amide bonds. The summed E-state index contributed by atoms with van der Waals surface area (Å²) in [6.07, 6.45) is 5.15. The van der Waals surface area contributed by atoms with Gasteiger partial charge < -0.3 is 5.32 Å². The first-order chi connectivity index (χ1) is 9.65. The van der Waals surface area contributed by atoms with Crippen LogP contribution in [0.4, 0.5) is 0 Å². The zero-order valence-electron chi connectivity index (χ0n) is 13.2. The molecule has 0 unspecified atom stereocenters.